The molecule has 0 bridgehead atoms. The highest BCUT2D eigenvalue weighted by Gasteiger charge is 1.87. The molecular formula is C2H2B2O2. The second-order valence-electron chi connectivity index (χ2n) is 0.694. The van der Waals surface area contributed by atoms with Crippen LogP contribution < -0.4 is 0 Å². The highest BCUT2D eigenvalue weighted by molar-refractivity contribution is 6.21. The van der Waals surface area contributed by atoms with E-state index in [-0.39, 0.29) is 6.32 Å². The second-order valence-corrected chi connectivity index (χ2v) is 0.694. The van der Waals surface area contributed by atoms with Gasteiger partial charge in [-0.3, -0.25) is 4.79 Å². The lowest BCUT2D eigenvalue weighted by Gasteiger charge is -1.88. The molecule has 0 aliphatic rings. The molecule has 0 fully saturated rings. The summed E-state index contributed by atoms with van der Waals surface area (Å²) in [6.45, 7) is 0. The van der Waals surface area contributed by atoms with E-state index in [1.54, 1.807) is 0 Å². The van der Waals surface area contributed by atoms with Crippen molar-refractivity contribution in [3.05, 3.63) is 0 Å². The van der Waals surface area contributed by atoms with Crippen LogP contribution in [0.2, 0.25) is 6.32 Å². The van der Waals surface area contributed by atoms with Gasteiger partial charge in [0, 0.05) is 6.32 Å². The van der Waals surface area contributed by atoms with Crippen molar-refractivity contribution in [2.45, 2.75) is 6.32 Å². The number of carbonyl (C=O) groups excluding carboxylic acids is 1. The minimum Gasteiger partial charge on any atom is -0.544 e. The van der Waals surface area contributed by atoms with Crippen molar-refractivity contribution in [2.75, 3.05) is 0 Å². The van der Waals surface area contributed by atoms with Crippen molar-refractivity contribution in [3.63, 3.8) is 0 Å². The summed E-state index contributed by atoms with van der Waals surface area (Å²) in [7, 11) is 9.08. The molecule has 0 unspecified atom stereocenters. The molecule has 4 heteroatoms. The van der Waals surface area contributed by atoms with E-state index < -0.39 is 5.97 Å². The van der Waals surface area contributed by atoms with Gasteiger partial charge in [0.15, 0.2) is 0 Å². The monoisotopic (exact) mass is 80.0 g/mol. The Bertz CT molecular complexity index is 47.5. The third-order valence-electron chi connectivity index (χ3n) is 0.298. The number of rotatable bonds is 1. The summed E-state index contributed by atoms with van der Waals surface area (Å²) >= 11 is 0. The molecular weight excluding hydrogens is 77.6 g/mol. The first-order chi connectivity index (χ1) is 2.81. The van der Waals surface area contributed by atoms with Crippen LogP contribution in [-0.2, 0) is 9.45 Å². The molecule has 0 N–H and O–H groups in total. The molecule has 0 amide bonds. The fourth-order valence-corrected chi connectivity index (χ4v) is 0.0481. The zero-order valence-electron chi connectivity index (χ0n) is 3.18. The molecule has 0 aromatic carbocycles. The quantitative estimate of drug-likeness (QED) is 0.385. The van der Waals surface area contributed by atoms with Gasteiger partial charge in [-0.15, -0.1) is 0 Å². The van der Waals surface area contributed by atoms with E-state index in [0.29, 0.717) is 0 Å². The Hall–Kier alpha value is -0.400. The van der Waals surface area contributed by atoms with E-state index in [4.69, 9.17) is 7.85 Å². The minimum atomic E-state index is -0.602. The van der Waals surface area contributed by atoms with E-state index in [2.05, 4.69) is 12.7 Å². The first-order valence-corrected chi connectivity index (χ1v) is 1.41. The number of carbonyl (C=O) groups is 1. The lowest BCUT2D eigenvalue weighted by Crippen LogP contribution is -1.97. The Kier molecular flexibility index (Phi) is 2.63. The Balaban J connectivity index is 2.99. The van der Waals surface area contributed by atoms with Crippen LogP contribution in [0, 0.1) is 0 Å². The molecule has 0 spiro atoms. The van der Waals surface area contributed by atoms with E-state index >= 15 is 0 Å². The van der Waals surface area contributed by atoms with Gasteiger partial charge in [-0.05, 0) is 0 Å². The zero-order chi connectivity index (χ0) is 4.99. The molecule has 4 radical (unpaired) electrons. The average Bonchev–Trinajstić information content (AvgIpc) is 1.65. The lowest BCUT2D eigenvalue weighted by atomic mass is 10.1. The maximum Gasteiger partial charge on any atom is 0.378 e. The first-order valence-electron chi connectivity index (χ1n) is 1.41. The average molecular weight is 79.7 g/mol. The van der Waals surface area contributed by atoms with E-state index in [9.17, 15) is 4.79 Å². The van der Waals surface area contributed by atoms with Gasteiger partial charge >= 0.3 is 8.05 Å². The summed E-state index contributed by atoms with van der Waals surface area (Å²) in [6, 6.07) is 0. The SMILES string of the molecule is [B]CC(=O)O[B]. The molecule has 28 valence electrons. The van der Waals surface area contributed by atoms with Crippen molar-refractivity contribution >= 4 is 21.9 Å². The summed E-state index contributed by atoms with van der Waals surface area (Å²) in [6.07, 6.45) is -0.156. The minimum absolute atomic E-state index is 0.156. The smallest absolute Gasteiger partial charge is 0.378 e. The van der Waals surface area contributed by atoms with Gasteiger partial charge in [0.2, 0.25) is 0 Å². The molecule has 0 aromatic rings. The molecule has 0 saturated carbocycles. The van der Waals surface area contributed by atoms with Crippen LogP contribution in [-0.4, -0.2) is 21.9 Å². The lowest BCUT2D eigenvalue weighted by molar-refractivity contribution is -0.131. The number of hydrogen-bond donors (Lipinski definition) is 0. The summed E-state index contributed by atoms with van der Waals surface area (Å²) < 4.78 is 3.64. The second kappa shape index (κ2) is 2.82. The van der Waals surface area contributed by atoms with Crippen LogP contribution in [0.5, 0.6) is 0 Å². The Labute approximate surface area is 38.7 Å². The van der Waals surface area contributed by atoms with E-state index in [1.165, 1.54) is 0 Å². The number of hydrogen-bond acceptors (Lipinski definition) is 2. The van der Waals surface area contributed by atoms with E-state index in [1.807, 2.05) is 0 Å². The van der Waals surface area contributed by atoms with Gasteiger partial charge in [-0.25, -0.2) is 0 Å². The van der Waals surface area contributed by atoms with E-state index in [0.717, 1.165) is 0 Å². The molecule has 0 aliphatic heterocycles. The molecule has 0 heterocycles. The van der Waals surface area contributed by atoms with Gasteiger partial charge in [0.05, 0.1) is 7.85 Å². The van der Waals surface area contributed by atoms with Crippen molar-refractivity contribution in [3.8, 4) is 0 Å². The standard InChI is InChI=1S/C2H2B2O2/c3-1-2(5)6-4/h1H2. The zero-order valence-corrected chi connectivity index (χ0v) is 3.18. The third-order valence-corrected chi connectivity index (χ3v) is 0.298. The fourth-order valence-electron chi connectivity index (χ4n) is 0.0481. The molecule has 2 nitrogen and oxygen atoms in total. The summed E-state index contributed by atoms with van der Waals surface area (Å²) in [5.74, 6) is -0.602. The predicted octanol–water partition coefficient (Wildman–Crippen LogP) is -0.800. The maximum atomic E-state index is 9.71. The molecule has 0 aromatic heterocycles. The van der Waals surface area contributed by atoms with Gasteiger partial charge in [-0.2, -0.15) is 0 Å². The highest BCUT2D eigenvalue weighted by atomic mass is 16.5. The molecule has 6 heavy (non-hydrogen) atoms. The van der Waals surface area contributed by atoms with Crippen LogP contribution in [0.25, 0.3) is 0 Å². The third kappa shape index (κ3) is 1.88. The summed E-state index contributed by atoms with van der Waals surface area (Å²) in [4.78, 5) is 9.71. The van der Waals surface area contributed by atoms with Crippen molar-refractivity contribution in [2.24, 2.45) is 0 Å². The first kappa shape index (κ1) is 5.60. The Morgan fingerprint density at radius 3 is 2.33 bits per heavy atom. The topological polar surface area (TPSA) is 26.3 Å². The Morgan fingerprint density at radius 1 is 1.83 bits per heavy atom. The normalized spacial score (nSPS) is 7.33. The van der Waals surface area contributed by atoms with Gasteiger partial charge in [0.1, 0.15) is 0 Å². The molecule has 0 aliphatic carbocycles. The summed E-state index contributed by atoms with van der Waals surface area (Å²) in [5, 5.41) is 0. The largest absolute Gasteiger partial charge is 0.544 e. The van der Waals surface area contributed by atoms with Gasteiger partial charge in [0.25, 0.3) is 5.97 Å². The van der Waals surface area contributed by atoms with Crippen LogP contribution in [0.1, 0.15) is 0 Å². The van der Waals surface area contributed by atoms with Crippen LogP contribution in [0.4, 0.5) is 0 Å². The molecule has 0 saturated heterocycles. The van der Waals surface area contributed by atoms with Gasteiger partial charge in [-0.1, -0.05) is 0 Å². The molecule has 0 atom stereocenters. The van der Waals surface area contributed by atoms with Crippen LogP contribution in [0.15, 0.2) is 0 Å². The van der Waals surface area contributed by atoms with Gasteiger partial charge < -0.3 is 4.65 Å². The maximum absolute atomic E-state index is 9.71. The fraction of sp³-hybridized carbons (Fsp3) is 0.500. The van der Waals surface area contributed by atoms with Crippen molar-refractivity contribution in [1.82, 2.24) is 0 Å². The molecule has 0 rings (SSSR count). The van der Waals surface area contributed by atoms with Crippen LogP contribution >= 0.6 is 0 Å². The highest BCUT2D eigenvalue weighted by Crippen LogP contribution is 1.72. The Morgan fingerprint density at radius 2 is 2.33 bits per heavy atom. The van der Waals surface area contributed by atoms with Crippen LogP contribution in [0.3, 0.4) is 0 Å². The predicted molar refractivity (Wildman–Crippen MR) is 22.4 cm³/mol. The summed E-state index contributed by atoms with van der Waals surface area (Å²) in [5.41, 5.74) is 0. The van der Waals surface area contributed by atoms with Crippen molar-refractivity contribution in [1.29, 1.82) is 0 Å². The van der Waals surface area contributed by atoms with Crippen molar-refractivity contribution < 1.29 is 9.45 Å².